The Balaban J connectivity index is 1.95. The zero-order chi connectivity index (χ0) is 14.4. The van der Waals surface area contributed by atoms with Crippen LogP contribution in [-0.4, -0.2) is 6.10 Å². The monoisotopic (exact) mass is 266 g/mol. The lowest BCUT2D eigenvalue weighted by Gasteiger charge is -2.11. The van der Waals surface area contributed by atoms with E-state index < -0.39 is 0 Å². The number of anilines is 1. The van der Waals surface area contributed by atoms with E-state index in [4.69, 9.17) is 10.00 Å². The fraction of sp³-hybridized carbons (Fsp3) is 0.235. The number of hydrogen-bond donors (Lipinski definition) is 1. The lowest BCUT2D eigenvalue weighted by molar-refractivity contribution is 0.242. The summed E-state index contributed by atoms with van der Waals surface area (Å²) >= 11 is 0. The highest BCUT2D eigenvalue weighted by Gasteiger charge is 1.99. The molecule has 102 valence electrons. The van der Waals surface area contributed by atoms with Gasteiger partial charge in [0, 0.05) is 12.2 Å². The quantitative estimate of drug-likeness (QED) is 0.891. The second-order valence-electron chi connectivity index (χ2n) is 4.86. The Morgan fingerprint density at radius 1 is 1.15 bits per heavy atom. The number of nitriles is 1. The van der Waals surface area contributed by atoms with Gasteiger partial charge in [0.1, 0.15) is 5.75 Å². The molecular formula is C17H18N2O. The van der Waals surface area contributed by atoms with Crippen molar-refractivity contribution >= 4 is 5.69 Å². The summed E-state index contributed by atoms with van der Waals surface area (Å²) in [5, 5.41) is 12.2. The van der Waals surface area contributed by atoms with Gasteiger partial charge in [0.2, 0.25) is 0 Å². The lowest BCUT2D eigenvalue weighted by atomic mass is 10.2. The Hall–Kier alpha value is -2.47. The number of benzene rings is 2. The summed E-state index contributed by atoms with van der Waals surface area (Å²) in [6, 6.07) is 17.6. The molecule has 0 aliphatic carbocycles. The van der Waals surface area contributed by atoms with Crippen LogP contribution in [0.25, 0.3) is 0 Å². The molecule has 2 aromatic rings. The van der Waals surface area contributed by atoms with E-state index >= 15 is 0 Å². The van der Waals surface area contributed by atoms with Crippen LogP contribution in [0, 0.1) is 11.3 Å². The summed E-state index contributed by atoms with van der Waals surface area (Å²) in [4.78, 5) is 0. The molecule has 0 unspecified atom stereocenters. The number of hydrogen-bond acceptors (Lipinski definition) is 3. The van der Waals surface area contributed by atoms with Crippen LogP contribution in [-0.2, 0) is 6.54 Å². The van der Waals surface area contributed by atoms with Crippen molar-refractivity contribution in [1.82, 2.24) is 0 Å². The average molecular weight is 266 g/mol. The van der Waals surface area contributed by atoms with Crippen molar-refractivity contribution in [1.29, 1.82) is 5.26 Å². The van der Waals surface area contributed by atoms with Gasteiger partial charge in [0.15, 0.2) is 0 Å². The van der Waals surface area contributed by atoms with Gasteiger partial charge in [-0.1, -0.05) is 18.2 Å². The van der Waals surface area contributed by atoms with Crippen LogP contribution in [0.2, 0.25) is 0 Å². The fourth-order valence-corrected chi connectivity index (χ4v) is 1.86. The fourth-order valence-electron chi connectivity index (χ4n) is 1.86. The van der Waals surface area contributed by atoms with E-state index in [1.165, 1.54) is 5.56 Å². The van der Waals surface area contributed by atoms with Crippen molar-refractivity contribution in [2.45, 2.75) is 26.5 Å². The molecular weight excluding hydrogens is 248 g/mol. The first-order chi connectivity index (χ1) is 9.67. The smallest absolute Gasteiger partial charge is 0.119 e. The lowest BCUT2D eigenvalue weighted by Crippen LogP contribution is -2.05. The molecule has 0 atom stereocenters. The maximum absolute atomic E-state index is 8.86. The van der Waals surface area contributed by atoms with E-state index in [1.807, 2.05) is 56.3 Å². The summed E-state index contributed by atoms with van der Waals surface area (Å²) in [6.07, 6.45) is 0.188. The number of ether oxygens (including phenoxy) is 1. The summed E-state index contributed by atoms with van der Waals surface area (Å²) < 4.78 is 5.61. The first-order valence-corrected chi connectivity index (χ1v) is 6.67. The Morgan fingerprint density at radius 2 is 1.90 bits per heavy atom. The third-order valence-electron chi connectivity index (χ3n) is 2.78. The molecule has 0 aliphatic rings. The maximum atomic E-state index is 8.86. The van der Waals surface area contributed by atoms with Gasteiger partial charge in [0.25, 0.3) is 0 Å². The van der Waals surface area contributed by atoms with Crippen molar-refractivity contribution in [3.63, 3.8) is 0 Å². The predicted molar refractivity (Wildman–Crippen MR) is 80.7 cm³/mol. The highest BCUT2D eigenvalue weighted by Crippen LogP contribution is 2.16. The molecule has 2 aromatic carbocycles. The van der Waals surface area contributed by atoms with Crippen LogP contribution in [0.15, 0.2) is 48.5 Å². The van der Waals surface area contributed by atoms with E-state index in [9.17, 15) is 0 Å². The molecule has 3 heteroatoms. The van der Waals surface area contributed by atoms with Crippen molar-refractivity contribution in [2.75, 3.05) is 5.32 Å². The molecule has 1 N–H and O–H groups in total. The molecule has 0 bridgehead atoms. The molecule has 0 aromatic heterocycles. The van der Waals surface area contributed by atoms with Crippen LogP contribution >= 0.6 is 0 Å². The molecule has 2 rings (SSSR count). The highest BCUT2D eigenvalue weighted by atomic mass is 16.5. The van der Waals surface area contributed by atoms with Gasteiger partial charge in [-0.3, -0.25) is 0 Å². The van der Waals surface area contributed by atoms with E-state index in [1.54, 1.807) is 6.07 Å². The zero-order valence-corrected chi connectivity index (χ0v) is 11.8. The molecule has 0 amide bonds. The third kappa shape index (κ3) is 4.03. The van der Waals surface area contributed by atoms with E-state index in [0.717, 1.165) is 18.0 Å². The minimum atomic E-state index is 0.188. The third-order valence-corrected chi connectivity index (χ3v) is 2.78. The summed E-state index contributed by atoms with van der Waals surface area (Å²) in [6.45, 7) is 4.74. The number of nitrogens with one attached hydrogen (secondary N) is 1. The van der Waals surface area contributed by atoms with Crippen LogP contribution in [0.5, 0.6) is 5.75 Å². The molecule has 0 spiro atoms. The Kier molecular flexibility index (Phi) is 4.62. The molecule has 0 saturated carbocycles. The largest absolute Gasteiger partial charge is 0.491 e. The van der Waals surface area contributed by atoms with Crippen molar-refractivity contribution < 1.29 is 4.74 Å². The Labute approximate surface area is 119 Å². The number of nitrogens with zero attached hydrogens (tertiary/aromatic N) is 1. The van der Waals surface area contributed by atoms with E-state index in [-0.39, 0.29) is 6.10 Å². The van der Waals surface area contributed by atoms with Crippen LogP contribution in [0.1, 0.15) is 25.0 Å². The van der Waals surface area contributed by atoms with Crippen molar-refractivity contribution in [3.8, 4) is 11.8 Å². The first kappa shape index (κ1) is 14.0. The van der Waals surface area contributed by atoms with Crippen molar-refractivity contribution in [2.24, 2.45) is 0 Å². The van der Waals surface area contributed by atoms with Gasteiger partial charge in [-0.05, 0) is 49.7 Å². The SMILES string of the molecule is CC(C)Oc1ccc(CNc2cccc(C#N)c2)cc1. The van der Waals surface area contributed by atoms with Crippen LogP contribution in [0.4, 0.5) is 5.69 Å². The van der Waals surface area contributed by atoms with Gasteiger partial charge in [-0.25, -0.2) is 0 Å². The first-order valence-electron chi connectivity index (χ1n) is 6.67. The molecule has 3 nitrogen and oxygen atoms in total. The Bertz CT molecular complexity index is 597. The van der Waals surface area contributed by atoms with Crippen LogP contribution in [0.3, 0.4) is 0 Å². The topological polar surface area (TPSA) is 45.0 Å². The van der Waals surface area contributed by atoms with Crippen molar-refractivity contribution in [3.05, 3.63) is 59.7 Å². The second kappa shape index (κ2) is 6.63. The van der Waals surface area contributed by atoms with Gasteiger partial charge >= 0.3 is 0 Å². The minimum absolute atomic E-state index is 0.188. The highest BCUT2D eigenvalue weighted by molar-refractivity contribution is 5.49. The molecule has 0 saturated heterocycles. The predicted octanol–water partition coefficient (Wildman–Crippen LogP) is 3.96. The maximum Gasteiger partial charge on any atom is 0.119 e. The summed E-state index contributed by atoms with van der Waals surface area (Å²) in [5.74, 6) is 0.884. The van der Waals surface area contributed by atoms with Gasteiger partial charge < -0.3 is 10.1 Å². The summed E-state index contributed by atoms with van der Waals surface area (Å²) in [5.41, 5.74) is 2.78. The molecule has 0 heterocycles. The van der Waals surface area contributed by atoms with E-state index in [2.05, 4.69) is 11.4 Å². The van der Waals surface area contributed by atoms with Crippen LogP contribution < -0.4 is 10.1 Å². The van der Waals surface area contributed by atoms with E-state index in [0.29, 0.717) is 5.56 Å². The minimum Gasteiger partial charge on any atom is -0.491 e. The normalized spacial score (nSPS) is 10.1. The average Bonchev–Trinajstić information content (AvgIpc) is 2.46. The Morgan fingerprint density at radius 3 is 2.55 bits per heavy atom. The molecule has 0 radical (unpaired) electrons. The molecule has 0 aliphatic heterocycles. The number of rotatable bonds is 5. The molecule has 20 heavy (non-hydrogen) atoms. The summed E-state index contributed by atoms with van der Waals surface area (Å²) in [7, 11) is 0. The molecule has 0 fully saturated rings. The zero-order valence-electron chi connectivity index (χ0n) is 11.8. The van der Waals surface area contributed by atoms with Gasteiger partial charge in [0.05, 0.1) is 17.7 Å². The standard InChI is InChI=1S/C17H18N2O/c1-13(2)20-17-8-6-14(7-9-17)12-19-16-5-3-4-15(10-16)11-18/h3-10,13,19H,12H2,1-2H3. The van der Waals surface area contributed by atoms with Gasteiger partial charge in [-0.2, -0.15) is 5.26 Å². The van der Waals surface area contributed by atoms with Gasteiger partial charge in [-0.15, -0.1) is 0 Å². The second-order valence-corrected chi connectivity index (χ2v) is 4.86.